The molecule has 0 aromatic heterocycles. The molecule has 0 spiro atoms. The van der Waals surface area contributed by atoms with Gasteiger partial charge in [0.25, 0.3) is 0 Å². The maximum atomic E-state index is 11.9. The quantitative estimate of drug-likeness (QED) is 0.684. The van der Waals surface area contributed by atoms with Crippen molar-refractivity contribution in [3.63, 3.8) is 0 Å². The molecule has 3 heteroatoms. The second kappa shape index (κ2) is 8.30. The smallest absolute Gasteiger partial charge is 0.220 e. The number of nitrogens with one attached hydrogen (secondary N) is 1. The molecule has 104 valence electrons. The molecule has 2 atom stereocenters. The topological polar surface area (TPSA) is 55.1 Å². The minimum Gasteiger partial charge on any atom is -0.356 e. The monoisotopic (exact) mass is 252 g/mol. The lowest BCUT2D eigenvalue weighted by Gasteiger charge is -2.20. The number of hydrogen-bond donors (Lipinski definition) is 2. The molecule has 1 aliphatic carbocycles. The Kier molecular flexibility index (Phi) is 7.02. The lowest BCUT2D eigenvalue weighted by molar-refractivity contribution is -0.122. The summed E-state index contributed by atoms with van der Waals surface area (Å²) in [5.74, 6) is 1.73. The van der Waals surface area contributed by atoms with Crippen molar-refractivity contribution in [3.05, 3.63) is 12.2 Å². The van der Waals surface area contributed by atoms with Gasteiger partial charge in [0.1, 0.15) is 0 Å². The first kappa shape index (κ1) is 15.2. The Morgan fingerprint density at radius 2 is 2.22 bits per heavy atom. The van der Waals surface area contributed by atoms with Crippen LogP contribution in [0.1, 0.15) is 46.0 Å². The Hall–Kier alpha value is -0.830. The van der Waals surface area contributed by atoms with E-state index in [9.17, 15) is 4.79 Å². The number of rotatable bonds is 7. The fourth-order valence-corrected chi connectivity index (χ4v) is 2.56. The summed E-state index contributed by atoms with van der Waals surface area (Å²) >= 11 is 0. The van der Waals surface area contributed by atoms with Crippen molar-refractivity contribution in [2.24, 2.45) is 23.5 Å². The number of carbonyl (C=O) groups excluding carboxylic acids is 1. The number of amides is 1. The zero-order valence-corrected chi connectivity index (χ0v) is 11.8. The zero-order chi connectivity index (χ0) is 13.4. The van der Waals surface area contributed by atoms with E-state index in [-0.39, 0.29) is 5.91 Å². The van der Waals surface area contributed by atoms with E-state index in [4.69, 9.17) is 5.73 Å². The van der Waals surface area contributed by atoms with E-state index in [2.05, 4.69) is 31.3 Å². The summed E-state index contributed by atoms with van der Waals surface area (Å²) in [6, 6.07) is 0. The van der Waals surface area contributed by atoms with E-state index in [0.717, 1.165) is 25.8 Å². The molecule has 0 aromatic carbocycles. The van der Waals surface area contributed by atoms with Gasteiger partial charge in [-0.1, -0.05) is 26.0 Å². The molecule has 1 aliphatic rings. The predicted octanol–water partition coefficient (Wildman–Crippen LogP) is 2.47. The molecule has 0 fully saturated rings. The second-order valence-electron chi connectivity index (χ2n) is 5.89. The number of carbonyl (C=O) groups is 1. The maximum Gasteiger partial charge on any atom is 0.220 e. The van der Waals surface area contributed by atoms with Crippen molar-refractivity contribution >= 4 is 5.91 Å². The summed E-state index contributed by atoms with van der Waals surface area (Å²) in [7, 11) is 0. The molecule has 0 aromatic rings. The van der Waals surface area contributed by atoms with Crippen LogP contribution in [0.5, 0.6) is 0 Å². The number of allylic oxidation sites excluding steroid dienone is 2. The van der Waals surface area contributed by atoms with Gasteiger partial charge in [-0.25, -0.2) is 0 Å². The van der Waals surface area contributed by atoms with Crippen LogP contribution in [0.4, 0.5) is 0 Å². The molecule has 1 unspecified atom stereocenters. The van der Waals surface area contributed by atoms with Gasteiger partial charge in [-0.15, -0.1) is 0 Å². The van der Waals surface area contributed by atoms with Gasteiger partial charge in [-0.2, -0.15) is 0 Å². The van der Waals surface area contributed by atoms with Gasteiger partial charge in [0.05, 0.1) is 0 Å². The summed E-state index contributed by atoms with van der Waals surface area (Å²) in [6.45, 7) is 5.78. The van der Waals surface area contributed by atoms with Crippen LogP contribution >= 0.6 is 0 Å². The molecule has 0 saturated carbocycles. The van der Waals surface area contributed by atoms with Crippen molar-refractivity contribution in [3.8, 4) is 0 Å². The molecule has 0 radical (unpaired) electrons. The highest BCUT2D eigenvalue weighted by Gasteiger charge is 2.15. The van der Waals surface area contributed by atoms with Gasteiger partial charge < -0.3 is 11.1 Å². The lowest BCUT2D eigenvalue weighted by atomic mass is 9.93. The Bertz CT molecular complexity index is 274. The van der Waals surface area contributed by atoms with Crippen molar-refractivity contribution < 1.29 is 4.79 Å². The minimum absolute atomic E-state index is 0.167. The fourth-order valence-electron chi connectivity index (χ4n) is 2.56. The molecule has 1 rings (SSSR count). The molecule has 0 saturated heterocycles. The molecule has 0 heterocycles. The number of hydrogen-bond acceptors (Lipinski definition) is 2. The van der Waals surface area contributed by atoms with Crippen LogP contribution < -0.4 is 11.1 Å². The highest BCUT2D eigenvalue weighted by molar-refractivity contribution is 5.76. The SMILES string of the molecule is CC(C)C[C@H](CN)CC(=O)NCC1CC=CCC1. The molecule has 0 bridgehead atoms. The first-order chi connectivity index (χ1) is 8.61. The van der Waals surface area contributed by atoms with Crippen LogP contribution in [0.15, 0.2) is 12.2 Å². The summed E-state index contributed by atoms with van der Waals surface area (Å²) in [5.41, 5.74) is 5.72. The molecule has 18 heavy (non-hydrogen) atoms. The van der Waals surface area contributed by atoms with Gasteiger partial charge in [-0.3, -0.25) is 4.79 Å². The highest BCUT2D eigenvalue weighted by atomic mass is 16.1. The Balaban J connectivity index is 2.21. The third-order valence-corrected chi connectivity index (χ3v) is 3.58. The van der Waals surface area contributed by atoms with Crippen molar-refractivity contribution in [2.45, 2.75) is 46.0 Å². The van der Waals surface area contributed by atoms with E-state index < -0.39 is 0 Å². The largest absolute Gasteiger partial charge is 0.356 e. The molecule has 3 N–H and O–H groups in total. The average molecular weight is 252 g/mol. The van der Waals surface area contributed by atoms with Gasteiger partial charge in [0.15, 0.2) is 0 Å². The fraction of sp³-hybridized carbons (Fsp3) is 0.800. The second-order valence-corrected chi connectivity index (χ2v) is 5.89. The van der Waals surface area contributed by atoms with Crippen LogP contribution in [-0.4, -0.2) is 19.0 Å². The van der Waals surface area contributed by atoms with Crippen LogP contribution in [0.2, 0.25) is 0 Å². The third kappa shape index (κ3) is 6.20. The third-order valence-electron chi connectivity index (χ3n) is 3.58. The summed E-state index contributed by atoms with van der Waals surface area (Å²) in [6.07, 6.45) is 9.52. The van der Waals surface area contributed by atoms with Crippen LogP contribution in [-0.2, 0) is 4.79 Å². The maximum absolute atomic E-state index is 11.9. The first-order valence-corrected chi connectivity index (χ1v) is 7.23. The van der Waals surface area contributed by atoms with Crippen molar-refractivity contribution in [1.82, 2.24) is 5.32 Å². The summed E-state index contributed by atoms with van der Waals surface area (Å²) in [4.78, 5) is 11.9. The van der Waals surface area contributed by atoms with Gasteiger partial charge in [0.2, 0.25) is 5.91 Å². The molecular formula is C15H28N2O. The normalized spacial score (nSPS) is 21.0. The van der Waals surface area contributed by atoms with Crippen molar-refractivity contribution in [2.75, 3.05) is 13.1 Å². The molecule has 0 aliphatic heterocycles. The lowest BCUT2D eigenvalue weighted by Crippen LogP contribution is -2.32. The van der Waals surface area contributed by atoms with E-state index in [1.165, 1.54) is 6.42 Å². The van der Waals surface area contributed by atoms with Gasteiger partial charge >= 0.3 is 0 Å². The van der Waals surface area contributed by atoms with Crippen LogP contribution in [0.25, 0.3) is 0 Å². The van der Waals surface area contributed by atoms with Crippen molar-refractivity contribution in [1.29, 1.82) is 0 Å². The molecule has 3 nitrogen and oxygen atoms in total. The van der Waals surface area contributed by atoms with E-state index >= 15 is 0 Å². The Labute approximate surface area is 111 Å². The first-order valence-electron chi connectivity index (χ1n) is 7.23. The van der Waals surface area contributed by atoms with E-state index in [0.29, 0.717) is 30.7 Å². The average Bonchev–Trinajstić information content (AvgIpc) is 2.36. The van der Waals surface area contributed by atoms with Gasteiger partial charge in [0, 0.05) is 13.0 Å². The van der Waals surface area contributed by atoms with Crippen LogP contribution in [0.3, 0.4) is 0 Å². The summed E-state index contributed by atoms with van der Waals surface area (Å²) < 4.78 is 0. The Morgan fingerprint density at radius 3 is 2.78 bits per heavy atom. The highest BCUT2D eigenvalue weighted by Crippen LogP contribution is 2.17. The van der Waals surface area contributed by atoms with Gasteiger partial charge in [-0.05, 0) is 50.0 Å². The molecular weight excluding hydrogens is 224 g/mol. The van der Waals surface area contributed by atoms with E-state index in [1.54, 1.807) is 0 Å². The van der Waals surface area contributed by atoms with E-state index in [1.807, 2.05) is 0 Å². The molecule has 1 amide bonds. The minimum atomic E-state index is 0.167. The number of nitrogens with two attached hydrogens (primary N) is 1. The zero-order valence-electron chi connectivity index (χ0n) is 11.8. The Morgan fingerprint density at radius 1 is 1.44 bits per heavy atom. The predicted molar refractivity (Wildman–Crippen MR) is 76.1 cm³/mol. The standard InChI is InChI=1S/C15H28N2O/c1-12(2)8-14(10-16)9-15(18)17-11-13-6-4-3-5-7-13/h3-4,12-14H,5-11,16H2,1-2H3,(H,17,18)/t13?,14-/m0/s1. The van der Waals surface area contributed by atoms with Crippen LogP contribution in [0, 0.1) is 17.8 Å². The summed E-state index contributed by atoms with van der Waals surface area (Å²) in [5, 5.41) is 3.06.